The zero-order chi connectivity index (χ0) is 8.69. The number of rotatable bonds is 5. The second-order valence-corrected chi connectivity index (χ2v) is 1.88. The van der Waals surface area contributed by atoms with Gasteiger partial charge in [0.2, 0.25) is 12.3 Å². The van der Waals surface area contributed by atoms with E-state index in [1.807, 2.05) is 6.92 Å². The number of carbonyl (C=O) groups excluding carboxylic acids is 2. The molecule has 64 valence electrons. The lowest BCUT2D eigenvalue weighted by molar-refractivity contribution is -0.129. The van der Waals surface area contributed by atoms with Crippen LogP contribution in [0.15, 0.2) is 0 Å². The zero-order valence-electron chi connectivity index (χ0n) is 6.76. The largest absolute Gasteiger partial charge is 0.277 e. The van der Waals surface area contributed by atoms with Crippen LogP contribution < -0.4 is 10.9 Å². The maximum Gasteiger partial charge on any atom is 0.235 e. The SMILES string of the molecule is CCC(=O)NN(CC)NC=O. The van der Waals surface area contributed by atoms with Crippen LogP contribution in [-0.4, -0.2) is 24.0 Å². The number of hydrazine groups is 2. The summed E-state index contributed by atoms with van der Waals surface area (Å²) in [5.74, 6) is -0.124. The molecule has 0 aromatic rings. The number of nitrogens with zero attached hydrogens (tertiary/aromatic N) is 1. The standard InChI is InChI=1S/C6H13N3O2/c1-3-6(11)8-9(4-2)7-5-10/h5H,3-4H2,1-2H3,(H,7,10)(H,8,11). The molecule has 0 saturated heterocycles. The van der Waals surface area contributed by atoms with Crippen LogP contribution >= 0.6 is 0 Å². The van der Waals surface area contributed by atoms with Crippen molar-refractivity contribution in [3.8, 4) is 0 Å². The van der Waals surface area contributed by atoms with Gasteiger partial charge in [0.25, 0.3) is 0 Å². The number of nitrogens with one attached hydrogen (secondary N) is 2. The Balaban J connectivity index is 3.67. The summed E-state index contributed by atoms with van der Waals surface area (Å²) in [6, 6.07) is 0. The van der Waals surface area contributed by atoms with Gasteiger partial charge in [0, 0.05) is 13.0 Å². The predicted molar refractivity (Wildman–Crippen MR) is 40.0 cm³/mol. The summed E-state index contributed by atoms with van der Waals surface area (Å²) >= 11 is 0. The van der Waals surface area contributed by atoms with Gasteiger partial charge in [-0.1, -0.05) is 6.92 Å². The van der Waals surface area contributed by atoms with Gasteiger partial charge in [-0.15, -0.1) is 5.12 Å². The van der Waals surface area contributed by atoms with Crippen molar-refractivity contribution >= 4 is 12.3 Å². The second kappa shape index (κ2) is 5.67. The van der Waals surface area contributed by atoms with E-state index in [1.54, 1.807) is 6.92 Å². The molecule has 0 atom stereocenters. The van der Waals surface area contributed by atoms with Crippen LogP contribution in [0.1, 0.15) is 20.3 Å². The Kier molecular flexibility index (Phi) is 5.10. The molecule has 0 saturated carbocycles. The Morgan fingerprint density at radius 3 is 2.55 bits per heavy atom. The predicted octanol–water partition coefficient (Wildman–Crippen LogP) is -0.590. The number of carbonyl (C=O) groups is 2. The molecule has 0 spiro atoms. The van der Waals surface area contributed by atoms with E-state index in [-0.39, 0.29) is 5.91 Å². The van der Waals surface area contributed by atoms with Crippen molar-refractivity contribution in [1.29, 1.82) is 0 Å². The van der Waals surface area contributed by atoms with E-state index in [0.717, 1.165) is 0 Å². The third-order valence-corrected chi connectivity index (χ3v) is 1.11. The minimum absolute atomic E-state index is 0.124. The zero-order valence-corrected chi connectivity index (χ0v) is 6.76. The first-order chi connectivity index (χ1) is 5.24. The van der Waals surface area contributed by atoms with Crippen LogP contribution in [0.4, 0.5) is 0 Å². The highest BCUT2D eigenvalue weighted by molar-refractivity contribution is 5.75. The van der Waals surface area contributed by atoms with Crippen molar-refractivity contribution in [1.82, 2.24) is 16.0 Å². The van der Waals surface area contributed by atoms with Crippen LogP contribution in [-0.2, 0) is 9.59 Å². The van der Waals surface area contributed by atoms with E-state index < -0.39 is 0 Å². The van der Waals surface area contributed by atoms with Crippen molar-refractivity contribution in [3.05, 3.63) is 0 Å². The Morgan fingerprint density at radius 2 is 2.18 bits per heavy atom. The molecular formula is C6H13N3O2. The molecule has 2 N–H and O–H groups in total. The molecule has 0 aliphatic heterocycles. The molecule has 0 heterocycles. The Hall–Kier alpha value is -1.10. The van der Waals surface area contributed by atoms with E-state index in [4.69, 9.17) is 0 Å². The highest BCUT2D eigenvalue weighted by Gasteiger charge is 2.02. The van der Waals surface area contributed by atoms with Crippen molar-refractivity contribution in [3.63, 3.8) is 0 Å². The molecule has 0 aromatic carbocycles. The van der Waals surface area contributed by atoms with E-state index >= 15 is 0 Å². The molecule has 0 unspecified atom stereocenters. The van der Waals surface area contributed by atoms with Crippen molar-refractivity contribution in [2.24, 2.45) is 0 Å². The molecular weight excluding hydrogens is 146 g/mol. The minimum Gasteiger partial charge on any atom is -0.277 e. The average molecular weight is 159 g/mol. The number of hydrogen-bond acceptors (Lipinski definition) is 3. The number of hydrogen-bond donors (Lipinski definition) is 2. The molecule has 0 bridgehead atoms. The van der Waals surface area contributed by atoms with Crippen LogP contribution in [0.5, 0.6) is 0 Å². The summed E-state index contributed by atoms with van der Waals surface area (Å²) < 4.78 is 0. The van der Waals surface area contributed by atoms with Crippen LogP contribution in [0, 0.1) is 0 Å². The van der Waals surface area contributed by atoms with Crippen molar-refractivity contribution < 1.29 is 9.59 Å². The summed E-state index contributed by atoms with van der Waals surface area (Å²) in [4.78, 5) is 20.7. The molecule has 0 aliphatic carbocycles. The minimum atomic E-state index is -0.124. The first-order valence-corrected chi connectivity index (χ1v) is 3.51. The maximum absolute atomic E-state index is 10.7. The molecule has 5 heteroatoms. The van der Waals surface area contributed by atoms with E-state index in [0.29, 0.717) is 19.4 Å². The lowest BCUT2D eigenvalue weighted by Gasteiger charge is -2.18. The Morgan fingerprint density at radius 1 is 1.55 bits per heavy atom. The second-order valence-electron chi connectivity index (χ2n) is 1.88. The Bertz CT molecular complexity index is 138. The van der Waals surface area contributed by atoms with Gasteiger partial charge in [-0.25, -0.2) is 0 Å². The molecule has 5 nitrogen and oxygen atoms in total. The third kappa shape index (κ3) is 4.32. The molecule has 0 aliphatic rings. The fourth-order valence-corrected chi connectivity index (χ4v) is 0.496. The summed E-state index contributed by atoms with van der Waals surface area (Å²) in [6.07, 6.45) is 0.913. The summed E-state index contributed by atoms with van der Waals surface area (Å²) in [7, 11) is 0. The van der Waals surface area contributed by atoms with Gasteiger partial charge in [0.05, 0.1) is 0 Å². The van der Waals surface area contributed by atoms with Crippen LogP contribution in [0.25, 0.3) is 0 Å². The molecule has 0 radical (unpaired) electrons. The fraction of sp³-hybridized carbons (Fsp3) is 0.667. The molecule has 2 amide bonds. The van der Waals surface area contributed by atoms with Gasteiger partial charge in [-0.2, -0.15) is 0 Å². The first kappa shape index (κ1) is 9.90. The molecule has 0 aromatic heterocycles. The topological polar surface area (TPSA) is 61.4 Å². The Labute approximate surface area is 65.7 Å². The quantitative estimate of drug-likeness (QED) is 0.416. The van der Waals surface area contributed by atoms with Gasteiger partial charge in [-0.05, 0) is 6.92 Å². The fourth-order valence-electron chi connectivity index (χ4n) is 0.496. The third-order valence-electron chi connectivity index (χ3n) is 1.11. The smallest absolute Gasteiger partial charge is 0.235 e. The molecule has 11 heavy (non-hydrogen) atoms. The van der Waals surface area contributed by atoms with Crippen molar-refractivity contribution in [2.45, 2.75) is 20.3 Å². The molecule has 0 fully saturated rings. The van der Waals surface area contributed by atoms with Gasteiger partial charge in [-0.3, -0.25) is 20.4 Å². The number of amides is 2. The van der Waals surface area contributed by atoms with Gasteiger partial charge in [0.15, 0.2) is 0 Å². The summed E-state index contributed by atoms with van der Waals surface area (Å²) in [5, 5.41) is 1.32. The normalized spacial score (nSPS) is 9.36. The van der Waals surface area contributed by atoms with E-state index in [2.05, 4.69) is 10.9 Å². The van der Waals surface area contributed by atoms with Crippen LogP contribution in [0.3, 0.4) is 0 Å². The van der Waals surface area contributed by atoms with Gasteiger partial charge < -0.3 is 0 Å². The highest BCUT2D eigenvalue weighted by atomic mass is 16.2. The first-order valence-electron chi connectivity index (χ1n) is 3.51. The van der Waals surface area contributed by atoms with Gasteiger partial charge in [0.1, 0.15) is 0 Å². The van der Waals surface area contributed by atoms with E-state index in [9.17, 15) is 9.59 Å². The summed E-state index contributed by atoms with van der Waals surface area (Å²) in [5.41, 5.74) is 4.79. The lowest BCUT2D eigenvalue weighted by atomic mass is 10.5. The van der Waals surface area contributed by atoms with Crippen molar-refractivity contribution in [2.75, 3.05) is 6.54 Å². The lowest BCUT2D eigenvalue weighted by Crippen LogP contribution is -2.49. The van der Waals surface area contributed by atoms with Crippen LogP contribution in [0.2, 0.25) is 0 Å². The van der Waals surface area contributed by atoms with E-state index in [1.165, 1.54) is 5.12 Å². The van der Waals surface area contributed by atoms with Gasteiger partial charge >= 0.3 is 0 Å². The summed E-state index contributed by atoms with van der Waals surface area (Å²) in [6.45, 7) is 4.08. The molecule has 0 rings (SSSR count). The maximum atomic E-state index is 10.7. The highest BCUT2D eigenvalue weighted by Crippen LogP contribution is 1.77. The average Bonchev–Trinajstić information content (AvgIpc) is 2.03. The monoisotopic (exact) mass is 159 g/mol.